The van der Waals surface area contributed by atoms with Crippen molar-refractivity contribution < 1.29 is 36.6 Å². The summed E-state index contributed by atoms with van der Waals surface area (Å²) in [6.07, 6.45) is -4.00. The zero-order chi connectivity index (χ0) is 26.9. The minimum absolute atomic E-state index is 0.125. The molecule has 1 aromatic heterocycles. The number of halogens is 5. The Morgan fingerprint density at radius 1 is 0.892 bits per heavy atom. The van der Waals surface area contributed by atoms with Gasteiger partial charge in [0.1, 0.15) is 28.8 Å². The van der Waals surface area contributed by atoms with Crippen molar-refractivity contribution in [1.29, 1.82) is 0 Å². The summed E-state index contributed by atoms with van der Waals surface area (Å²) in [5.41, 5.74) is -3.08. The smallest absolute Gasteiger partial charge is 0.421 e. The van der Waals surface area contributed by atoms with Crippen LogP contribution in [0.15, 0.2) is 77.7 Å². The van der Waals surface area contributed by atoms with Crippen LogP contribution in [-0.4, -0.2) is 27.6 Å². The molecule has 0 saturated heterocycles. The first kappa shape index (κ1) is 25.5. The highest BCUT2D eigenvalue weighted by Crippen LogP contribution is 2.29. The van der Waals surface area contributed by atoms with Crippen molar-refractivity contribution in [3.05, 3.63) is 112 Å². The molecule has 0 bridgehead atoms. The molecule has 1 heterocycles. The summed E-state index contributed by atoms with van der Waals surface area (Å²) in [7, 11) is 0. The number of alkyl halides is 3. The van der Waals surface area contributed by atoms with E-state index in [0.29, 0.717) is 22.4 Å². The maximum absolute atomic E-state index is 14.0. The molecule has 6 nitrogen and oxygen atoms in total. The summed E-state index contributed by atoms with van der Waals surface area (Å²) in [6.45, 7) is 0. The van der Waals surface area contributed by atoms with E-state index in [1.165, 1.54) is 30.5 Å². The second-order valence-electron chi connectivity index (χ2n) is 8.05. The maximum Gasteiger partial charge on any atom is 0.421 e. The van der Waals surface area contributed by atoms with Crippen molar-refractivity contribution in [2.45, 2.75) is 18.6 Å². The van der Waals surface area contributed by atoms with Crippen LogP contribution in [-0.2, 0) is 17.4 Å². The van der Waals surface area contributed by atoms with Gasteiger partial charge < -0.3 is 10.4 Å². The fourth-order valence-corrected chi connectivity index (χ4v) is 4.01. The molecule has 0 spiro atoms. The summed E-state index contributed by atoms with van der Waals surface area (Å²) < 4.78 is 68.6. The fraction of sp³-hybridized carbons (Fsp3) is 0.115. The Bertz CT molecular complexity index is 1560. The lowest BCUT2D eigenvalue weighted by Crippen LogP contribution is -2.43. The third-order valence-corrected chi connectivity index (χ3v) is 5.72. The molecule has 0 unspecified atom stereocenters. The molecule has 37 heavy (non-hydrogen) atoms. The van der Waals surface area contributed by atoms with Crippen molar-refractivity contribution in [3.8, 4) is 5.69 Å². The molecule has 0 aliphatic carbocycles. The van der Waals surface area contributed by atoms with Gasteiger partial charge in [0.05, 0.1) is 5.69 Å². The molecule has 1 amide bonds. The van der Waals surface area contributed by atoms with E-state index in [0.717, 1.165) is 28.8 Å². The second kappa shape index (κ2) is 9.84. The number of rotatable bonds is 6. The van der Waals surface area contributed by atoms with E-state index < -0.39 is 52.4 Å². The lowest BCUT2D eigenvalue weighted by Gasteiger charge is -2.18. The zero-order valence-electron chi connectivity index (χ0n) is 18.7. The van der Waals surface area contributed by atoms with Crippen LogP contribution < -0.4 is 10.9 Å². The maximum atomic E-state index is 14.0. The van der Waals surface area contributed by atoms with Gasteiger partial charge in [0.15, 0.2) is 0 Å². The van der Waals surface area contributed by atoms with Crippen molar-refractivity contribution in [3.63, 3.8) is 0 Å². The summed E-state index contributed by atoms with van der Waals surface area (Å²) in [5, 5.41) is 12.5. The van der Waals surface area contributed by atoms with Crippen LogP contribution in [0.2, 0.25) is 0 Å². The number of carboxylic acid groups (broad SMARTS) is 1. The van der Waals surface area contributed by atoms with E-state index in [-0.39, 0.29) is 12.1 Å². The van der Waals surface area contributed by atoms with Crippen LogP contribution in [0.4, 0.5) is 22.0 Å². The van der Waals surface area contributed by atoms with Gasteiger partial charge in [-0.3, -0.25) is 14.2 Å². The summed E-state index contributed by atoms with van der Waals surface area (Å²) in [4.78, 5) is 36.9. The molecule has 190 valence electrons. The number of fused-ring (bicyclic) bond motifs is 1. The Balaban J connectivity index is 1.74. The third-order valence-electron chi connectivity index (χ3n) is 5.72. The minimum Gasteiger partial charge on any atom is -0.480 e. The number of pyridine rings is 1. The summed E-state index contributed by atoms with van der Waals surface area (Å²) in [6, 6.07) is 12.0. The van der Waals surface area contributed by atoms with Gasteiger partial charge in [-0.15, -0.1) is 0 Å². The number of nitrogens with zero attached hydrogens (tertiary/aromatic N) is 1. The quantitative estimate of drug-likeness (QED) is 0.364. The number of hydrogen-bond acceptors (Lipinski definition) is 3. The second-order valence-corrected chi connectivity index (χ2v) is 8.05. The zero-order valence-corrected chi connectivity index (χ0v) is 18.7. The van der Waals surface area contributed by atoms with E-state index in [4.69, 9.17) is 0 Å². The number of carbonyl (C=O) groups excluding carboxylic acids is 1. The molecule has 0 aliphatic heterocycles. The van der Waals surface area contributed by atoms with Crippen LogP contribution in [0.25, 0.3) is 16.5 Å². The lowest BCUT2D eigenvalue weighted by atomic mass is 9.97. The number of amides is 1. The minimum atomic E-state index is -4.86. The van der Waals surface area contributed by atoms with Gasteiger partial charge in [-0.05, 0) is 41.3 Å². The predicted molar refractivity (Wildman–Crippen MR) is 123 cm³/mol. The molecular formula is C26H17F5N2O4. The topological polar surface area (TPSA) is 88.4 Å². The average Bonchev–Trinajstić information content (AvgIpc) is 2.83. The number of hydrogen-bond donors (Lipinski definition) is 2. The first-order chi connectivity index (χ1) is 17.5. The van der Waals surface area contributed by atoms with Gasteiger partial charge in [-0.1, -0.05) is 36.4 Å². The monoisotopic (exact) mass is 516 g/mol. The molecular weight excluding hydrogens is 499 g/mol. The molecule has 11 heteroatoms. The first-order valence-corrected chi connectivity index (χ1v) is 10.8. The number of nitrogens with one attached hydrogen (secondary N) is 1. The highest BCUT2D eigenvalue weighted by molar-refractivity contribution is 5.97. The molecule has 0 radical (unpaired) electrons. The van der Waals surface area contributed by atoms with Crippen molar-refractivity contribution in [2.75, 3.05) is 0 Å². The summed E-state index contributed by atoms with van der Waals surface area (Å²) in [5.74, 6) is -5.07. The highest BCUT2D eigenvalue weighted by Gasteiger charge is 2.34. The third kappa shape index (κ3) is 5.06. The van der Waals surface area contributed by atoms with E-state index in [1.807, 2.05) is 0 Å². The molecule has 4 rings (SSSR count). The number of aromatic nitrogens is 1. The van der Waals surface area contributed by atoms with Crippen LogP contribution in [0.3, 0.4) is 0 Å². The van der Waals surface area contributed by atoms with Gasteiger partial charge in [0.2, 0.25) is 0 Å². The molecule has 3 aromatic carbocycles. The van der Waals surface area contributed by atoms with Crippen LogP contribution in [0, 0.1) is 11.6 Å². The van der Waals surface area contributed by atoms with Crippen molar-refractivity contribution >= 4 is 22.6 Å². The van der Waals surface area contributed by atoms with E-state index >= 15 is 0 Å². The Hall–Kier alpha value is -4.54. The number of benzene rings is 3. The Labute approximate surface area is 205 Å². The normalized spacial score (nSPS) is 12.4. The number of carbonyl (C=O) groups is 2. The number of carboxylic acids is 1. The van der Waals surface area contributed by atoms with Gasteiger partial charge in [-0.2, -0.15) is 13.2 Å². The molecule has 1 atom stereocenters. The van der Waals surface area contributed by atoms with Gasteiger partial charge in [-0.25, -0.2) is 13.6 Å². The van der Waals surface area contributed by atoms with E-state index in [2.05, 4.69) is 5.32 Å². The van der Waals surface area contributed by atoms with Gasteiger partial charge in [0.25, 0.3) is 11.5 Å². The molecule has 0 aliphatic rings. The van der Waals surface area contributed by atoms with E-state index in [1.54, 1.807) is 12.1 Å². The fourth-order valence-electron chi connectivity index (χ4n) is 4.01. The predicted octanol–water partition coefficient (Wildman–Crippen LogP) is 4.71. The lowest BCUT2D eigenvalue weighted by molar-refractivity contribution is -0.139. The van der Waals surface area contributed by atoms with Crippen LogP contribution >= 0.6 is 0 Å². The van der Waals surface area contributed by atoms with Gasteiger partial charge in [0, 0.05) is 18.0 Å². The average molecular weight is 516 g/mol. The summed E-state index contributed by atoms with van der Waals surface area (Å²) >= 11 is 0. The van der Waals surface area contributed by atoms with Crippen LogP contribution in [0.1, 0.15) is 21.5 Å². The van der Waals surface area contributed by atoms with E-state index in [9.17, 15) is 41.4 Å². The highest BCUT2D eigenvalue weighted by atomic mass is 19.4. The number of aliphatic carboxylic acids is 1. The Morgan fingerprint density at radius 2 is 1.51 bits per heavy atom. The SMILES string of the molecule is O=C(N[C@@H](Cc1cccc2c(-n3cccc(C(F)(F)F)c3=O)cccc12)C(=O)O)c1c(F)cccc1F. The Kier molecular flexibility index (Phi) is 6.80. The molecule has 2 N–H and O–H groups in total. The standard InChI is InChI=1S/C26H17F5N2O4/c27-18-9-3-10-19(28)22(18)23(34)32-20(25(36)37)13-14-5-1-7-16-15(14)6-2-11-21(16)33-12-4-8-17(24(33)35)26(29,30)31/h1-12,20H,13H2,(H,32,34)(H,36,37)/t20-/m0/s1. The van der Waals surface area contributed by atoms with Crippen LogP contribution in [0.5, 0.6) is 0 Å². The van der Waals surface area contributed by atoms with Gasteiger partial charge >= 0.3 is 12.1 Å². The first-order valence-electron chi connectivity index (χ1n) is 10.8. The van der Waals surface area contributed by atoms with Crippen molar-refractivity contribution in [1.82, 2.24) is 9.88 Å². The molecule has 0 saturated carbocycles. The largest absolute Gasteiger partial charge is 0.480 e. The van der Waals surface area contributed by atoms with Crippen molar-refractivity contribution in [2.24, 2.45) is 0 Å². The molecule has 0 fully saturated rings. The Morgan fingerprint density at radius 3 is 2.16 bits per heavy atom. The molecule has 4 aromatic rings.